The van der Waals surface area contributed by atoms with Crippen molar-refractivity contribution in [2.24, 2.45) is 21.7 Å². The van der Waals surface area contributed by atoms with E-state index in [1.807, 2.05) is 0 Å². The molecule has 6 heterocycles. The van der Waals surface area contributed by atoms with Crippen LogP contribution in [0.4, 0.5) is 0 Å². The monoisotopic (exact) mass is 578 g/mol. The lowest BCUT2D eigenvalue weighted by molar-refractivity contribution is -0.144. The highest BCUT2D eigenvalue weighted by atomic mass is 16.6. The summed E-state index contributed by atoms with van der Waals surface area (Å²) in [5.74, 6) is 0. The molecule has 6 aliphatic rings. The van der Waals surface area contributed by atoms with Crippen molar-refractivity contribution >= 4 is 0 Å². The summed E-state index contributed by atoms with van der Waals surface area (Å²) >= 11 is 0. The summed E-state index contributed by atoms with van der Waals surface area (Å²) in [5, 5.41) is 0. The van der Waals surface area contributed by atoms with Crippen molar-refractivity contribution in [3.05, 3.63) is 0 Å². The van der Waals surface area contributed by atoms with Crippen LogP contribution in [-0.4, -0.2) is 119 Å². The molecule has 0 aromatic carbocycles. The minimum absolute atomic E-state index is 0.328. The van der Waals surface area contributed by atoms with Gasteiger partial charge in [0.1, 0.15) is 6.10 Å². The van der Waals surface area contributed by atoms with Gasteiger partial charge in [0, 0.05) is 43.0 Å². The molecule has 0 saturated carbocycles. The zero-order valence-corrected chi connectivity index (χ0v) is 27.4. The van der Waals surface area contributed by atoms with Crippen molar-refractivity contribution in [2.45, 2.75) is 73.5 Å². The van der Waals surface area contributed by atoms with Crippen LogP contribution in [0.1, 0.15) is 61.3 Å². The van der Waals surface area contributed by atoms with Crippen molar-refractivity contribution in [3.63, 3.8) is 0 Å². The molecule has 40 heavy (non-hydrogen) atoms. The summed E-state index contributed by atoms with van der Waals surface area (Å²) < 4.78 is 44.4. The average Bonchev–Trinajstić information content (AvgIpc) is 3.79. The summed E-state index contributed by atoms with van der Waals surface area (Å²) in [6.07, 6.45) is 3.43. The highest BCUT2D eigenvalue weighted by Gasteiger charge is 2.36. The highest BCUT2D eigenvalue weighted by Crippen LogP contribution is 2.31. The Morgan fingerprint density at radius 3 is 1.10 bits per heavy atom. The van der Waals surface area contributed by atoms with Crippen LogP contribution in [-0.2, 0) is 42.6 Å². The van der Waals surface area contributed by atoms with Crippen molar-refractivity contribution in [3.8, 4) is 0 Å². The number of hydrogen-bond donors (Lipinski definition) is 0. The van der Waals surface area contributed by atoms with Crippen LogP contribution in [0.25, 0.3) is 0 Å². The first kappa shape index (κ1) is 37.7. The van der Waals surface area contributed by atoms with Gasteiger partial charge >= 0.3 is 0 Å². The Hall–Kier alpha value is -0.360. The molecule has 0 aliphatic carbocycles. The first-order valence-electron chi connectivity index (χ1n) is 14.9. The predicted molar refractivity (Wildman–Crippen MR) is 157 cm³/mol. The maximum absolute atomic E-state index is 5.10. The maximum Gasteiger partial charge on any atom is 0.104 e. The molecule has 9 heteroatoms. The molecule has 0 aromatic heterocycles. The second-order valence-electron chi connectivity index (χ2n) is 13.4. The minimum atomic E-state index is 0.328. The lowest BCUT2D eigenvalue weighted by Gasteiger charge is -2.39. The summed E-state index contributed by atoms with van der Waals surface area (Å²) in [6, 6.07) is 0. The van der Waals surface area contributed by atoms with E-state index in [0.717, 1.165) is 85.9 Å². The maximum atomic E-state index is 5.10. The molecule has 2 atom stereocenters. The Bertz CT molecular complexity index is 605. The normalized spacial score (nSPS) is 27.8. The first-order chi connectivity index (χ1) is 18.9. The van der Waals surface area contributed by atoms with Gasteiger partial charge in [-0.3, -0.25) is 0 Å². The third-order valence-electron chi connectivity index (χ3n) is 7.41. The Morgan fingerprint density at radius 1 is 0.600 bits per heavy atom. The molecule has 9 nitrogen and oxygen atoms in total. The van der Waals surface area contributed by atoms with E-state index in [1.165, 1.54) is 12.8 Å². The van der Waals surface area contributed by atoms with Gasteiger partial charge in [0.2, 0.25) is 0 Å². The molecule has 0 bridgehead atoms. The van der Waals surface area contributed by atoms with Gasteiger partial charge < -0.3 is 42.6 Å². The molecular weight excluding hydrogens is 516 g/mol. The number of epoxide rings is 2. The third kappa shape index (κ3) is 16.9. The van der Waals surface area contributed by atoms with E-state index in [4.69, 9.17) is 42.6 Å². The SMILES string of the molecule is CC1(C)COC1.CC1CO1.CCC1(C)COC1.CCC1(COC)COC1.COCC1(C)COC1.COCC1CO1. The van der Waals surface area contributed by atoms with Gasteiger partial charge in [0.25, 0.3) is 0 Å². The van der Waals surface area contributed by atoms with Crippen LogP contribution >= 0.6 is 0 Å². The van der Waals surface area contributed by atoms with Crippen molar-refractivity contribution in [1.29, 1.82) is 0 Å². The Labute approximate surface area is 245 Å². The van der Waals surface area contributed by atoms with Crippen LogP contribution in [0, 0.1) is 21.7 Å². The number of rotatable bonds is 8. The molecule has 0 spiro atoms. The van der Waals surface area contributed by atoms with E-state index in [0.29, 0.717) is 33.9 Å². The van der Waals surface area contributed by atoms with E-state index in [-0.39, 0.29) is 0 Å². The molecule has 6 saturated heterocycles. The Kier molecular flexibility index (Phi) is 17.9. The van der Waals surface area contributed by atoms with Crippen LogP contribution < -0.4 is 0 Å². The standard InChI is InChI=1S/C7H14O2.C6H12O2.C6H12O.C5H10O.C4H8O2.C3H6O/c1-3-7(4-8-2)5-9-6-7;1-6(3-7-2)4-8-5-6;1-3-6(2)4-7-5-6;1-5(2)3-6-4-5;1-5-2-4-3-6-4;1-3-2-4-3/h3-6H2,1-2H3;3-5H2,1-2H3;3-5H2,1-2H3;3-4H2,1-2H3;4H,2-3H2,1H3;3H,2H2,1H3. The highest BCUT2D eigenvalue weighted by molar-refractivity contribution is 4.83. The van der Waals surface area contributed by atoms with E-state index in [9.17, 15) is 0 Å². The fraction of sp³-hybridized carbons (Fsp3) is 1.00. The molecule has 0 amide bonds. The zero-order chi connectivity index (χ0) is 30.1. The molecule has 6 rings (SSSR count). The van der Waals surface area contributed by atoms with Crippen LogP contribution in [0.15, 0.2) is 0 Å². The van der Waals surface area contributed by atoms with Crippen molar-refractivity contribution < 1.29 is 42.6 Å². The Morgan fingerprint density at radius 2 is 1.02 bits per heavy atom. The topological polar surface area (TPSA) is 89.7 Å². The molecule has 6 fully saturated rings. The number of ether oxygens (including phenoxy) is 9. The predicted octanol–water partition coefficient (Wildman–Crippen LogP) is 4.64. The zero-order valence-electron chi connectivity index (χ0n) is 27.4. The quantitative estimate of drug-likeness (QED) is 0.382. The molecule has 2 unspecified atom stereocenters. The second-order valence-corrected chi connectivity index (χ2v) is 13.4. The lowest BCUT2D eigenvalue weighted by atomic mass is 9.84. The van der Waals surface area contributed by atoms with Crippen molar-refractivity contribution in [1.82, 2.24) is 0 Å². The van der Waals surface area contributed by atoms with E-state index < -0.39 is 0 Å². The Balaban J connectivity index is 0.000000243. The summed E-state index contributed by atoms with van der Waals surface area (Å²) in [4.78, 5) is 0. The smallest absolute Gasteiger partial charge is 0.104 e. The minimum Gasteiger partial charge on any atom is -0.384 e. The van der Waals surface area contributed by atoms with Crippen LogP contribution in [0.3, 0.4) is 0 Å². The largest absolute Gasteiger partial charge is 0.384 e. The van der Waals surface area contributed by atoms with Crippen molar-refractivity contribution in [2.75, 3.05) is 107 Å². The molecule has 240 valence electrons. The molecule has 0 radical (unpaired) electrons. The second kappa shape index (κ2) is 19.0. The fourth-order valence-electron chi connectivity index (χ4n) is 3.58. The van der Waals surface area contributed by atoms with Gasteiger partial charge in [-0.1, -0.05) is 41.5 Å². The van der Waals surface area contributed by atoms with E-state index >= 15 is 0 Å². The molecule has 0 N–H and O–H groups in total. The summed E-state index contributed by atoms with van der Waals surface area (Å²) in [6.45, 7) is 27.0. The molecule has 6 aliphatic heterocycles. The summed E-state index contributed by atoms with van der Waals surface area (Å²) in [5.41, 5.74) is 1.74. The first-order valence-corrected chi connectivity index (χ1v) is 14.9. The fourth-order valence-corrected chi connectivity index (χ4v) is 3.58. The van der Waals surface area contributed by atoms with Gasteiger partial charge in [-0.15, -0.1) is 0 Å². The summed E-state index contributed by atoms with van der Waals surface area (Å²) in [7, 11) is 5.15. The number of methoxy groups -OCH3 is 3. The molecule has 0 aromatic rings. The third-order valence-corrected chi connectivity index (χ3v) is 7.41. The van der Waals surface area contributed by atoms with Crippen LogP contribution in [0.5, 0.6) is 0 Å². The van der Waals surface area contributed by atoms with E-state index in [1.54, 1.807) is 21.3 Å². The number of hydrogen-bond acceptors (Lipinski definition) is 9. The van der Waals surface area contributed by atoms with E-state index in [2.05, 4.69) is 48.5 Å². The van der Waals surface area contributed by atoms with Gasteiger partial charge in [0.15, 0.2) is 0 Å². The molecular formula is C31H62O9. The lowest BCUT2D eigenvalue weighted by Crippen LogP contribution is -2.45. The van der Waals surface area contributed by atoms with Crippen LogP contribution in [0.2, 0.25) is 0 Å². The van der Waals surface area contributed by atoms with Gasteiger partial charge in [-0.05, 0) is 19.8 Å². The average molecular weight is 579 g/mol. The van der Waals surface area contributed by atoms with Gasteiger partial charge in [-0.25, -0.2) is 0 Å². The van der Waals surface area contributed by atoms with Gasteiger partial charge in [0.05, 0.1) is 92.0 Å². The van der Waals surface area contributed by atoms with Gasteiger partial charge in [-0.2, -0.15) is 0 Å².